The number of benzene rings is 1. The maximum absolute atomic E-state index is 11.1. The van der Waals surface area contributed by atoms with Crippen LogP contribution in [0.5, 0.6) is 11.5 Å². The van der Waals surface area contributed by atoms with Gasteiger partial charge in [-0.3, -0.25) is 10.2 Å². The molecule has 0 unspecified atom stereocenters. The number of esters is 1. The Kier molecular flexibility index (Phi) is 5.13. The van der Waals surface area contributed by atoms with Crippen molar-refractivity contribution in [1.82, 2.24) is 9.97 Å². The Hall–Kier alpha value is -3.00. The van der Waals surface area contributed by atoms with Crippen LogP contribution in [0, 0.1) is 13.8 Å². The average molecular weight is 370 g/mol. The first-order valence-corrected chi connectivity index (χ1v) is 8.67. The fourth-order valence-electron chi connectivity index (χ4n) is 2.44. The van der Waals surface area contributed by atoms with Gasteiger partial charge in [0.2, 0.25) is 0 Å². The largest absolute Gasteiger partial charge is 0.493 e. The van der Waals surface area contributed by atoms with Crippen molar-refractivity contribution in [2.24, 2.45) is 5.10 Å². The van der Waals surface area contributed by atoms with Crippen LogP contribution in [0.15, 0.2) is 29.6 Å². The molecule has 0 amide bonds. The molecule has 3 rings (SSSR count). The summed E-state index contributed by atoms with van der Waals surface area (Å²) < 4.78 is 10.3. The van der Waals surface area contributed by atoms with E-state index < -0.39 is 5.97 Å². The molecule has 0 radical (unpaired) electrons. The Morgan fingerprint density at radius 3 is 2.81 bits per heavy atom. The van der Waals surface area contributed by atoms with Crippen LogP contribution in [0.1, 0.15) is 22.9 Å². The summed E-state index contributed by atoms with van der Waals surface area (Å²) >= 11 is 1.63. The van der Waals surface area contributed by atoms with Crippen LogP contribution in [0.3, 0.4) is 0 Å². The normalized spacial score (nSPS) is 11.1. The van der Waals surface area contributed by atoms with E-state index in [9.17, 15) is 4.79 Å². The van der Waals surface area contributed by atoms with E-state index in [2.05, 4.69) is 27.4 Å². The van der Waals surface area contributed by atoms with E-state index in [4.69, 9.17) is 9.47 Å². The SMILES string of the molecule is COc1cc(/C=N\Nc2ncnc3sc(C)c(C)c23)ccc1OC(C)=O. The number of thiophene rings is 1. The third kappa shape index (κ3) is 3.65. The van der Waals surface area contributed by atoms with Crippen LogP contribution in [0.2, 0.25) is 0 Å². The van der Waals surface area contributed by atoms with Gasteiger partial charge in [0, 0.05) is 11.8 Å². The summed E-state index contributed by atoms with van der Waals surface area (Å²) in [4.78, 5) is 21.8. The van der Waals surface area contributed by atoms with Gasteiger partial charge in [-0.05, 0) is 43.2 Å². The van der Waals surface area contributed by atoms with Crippen LogP contribution in [0.4, 0.5) is 5.82 Å². The molecule has 0 bridgehead atoms. The topological polar surface area (TPSA) is 85.7 Å². The number of methoxy groups -OCH3 is 1. The number of carbonyl (C=O) groups excluding carboxylic acids is 1. The highest BCUT2D eigenvalue weighted by Gasteiger charge is 2.11. The van der Waals surface area contributed by atoms with Gasteiger partial charge in [0.15, 0.2) is 17.3 Å². The first kappa shape index (κ1) is 17.8. The predicted octanol–water partition coefficient (Wildman–Crippen LogP) is 3.69. The second-order valence-corrected chi connectivity index (χ2v) is 6.76. The summed E-state index contributed by atoms with van der Waals surface area (Å²) in [7, 11) is 1.51. The summed E-state index contributed by atoms with van der Waals surface area (Å²) in [5, 5.41) is 5.24. The molecule has 0 fully saturated rings. The lowest BCUT2D eigenvalue weighted by atomic mass is 10.2. The van der Waals surface area contributed by atoms with Gasteiger partial charge >= 0.3 is 5.97 Å². The Bertz CT molecular complexity index is 998. The smallest absolute Gasteiger partial charge is 0.308 e. The molecule has 0 aliphatic heterocycles. The molecule has 0 atom stereocenters. The third-order valence-corrected chi connectivity index (χ3v) is 4.91. The molecule has 1 N–H and O–H groups in total. The van der Waals surface area contributed by atoms with E-state index in [1.165, 1.54) is 25.2 Å². The summed E-state index contributed by atoms with van der Waals surface area (Å²) in [6.45, 7) is 5.45. The summed E-state index contributed by atoms with van der Waals surface area (Å²) in [6, 6.07) is 5.18. The second kappa shape index (κ2) is 7.49. The molecule has 8 heteroatoms. The van der Waals surface area contributed by atoms with E-state index in [1.54, 1.807) is 35.8 Å². The van der Waals surface area contributed by atoms with Crippen molar-refractivity contribution in [1.29, 1.82) is 0 Å². The Morgan fingerprint density at radius 1 is 1.27 bits per heavy atom. The lowest BCUT2D eigenvalue weighted by Crippen LogP contribution is -2.03. The molecular weight excluding hydrogens is 352 g/mol. The highest BCUT2D eigenvalue weighted by Crippen LogP contribution is 2.32. The molecule has 3 aromatic rings. The molecular formula is C18H18N4O3S. The lowest BCUT2D eigenvalue weighted by Gasteiger charge is -2.08. The molecule has 2 heterocycles. The van der Waals surface area contributed by atoms with Crippen molar-refractivity contribution in [3.63, 3.8) is 0 Å². The standard InChI is InChI=1S/C18H18N4O3S/c1-10-11(2)26-18-16(10)17(19-9-20-18)22-21-8-13-5-6-14(25-12(3)23)15(7-13)24-4/h5-9H,1-4H3,(H,19,20,22)/b21-8-. The quantitative estimate of drug-likeness (QED) is 0.319. The van der Waals surface area contributed by atoms with Crippen LogP contribution in [-0.2, 0) is 4.79 Å². The first-order chi connectivity index (χ1) is 12.5. The van der Waals surface area contributed by atoms with Gasteiger partial charge in [-0.25, -0.2) is 9.97 Å². The van der Waals surface area contributed by atoms with Gasteiger partial charge in [-0.1, -0.05) is 0 Å². The van der Waals surface area contributed by atoms with Crippen LogP contribution in [0.25, 0.3) is 10.2 Å². The van der Waals surface area contributed by atoms with E-state index in [1.807, 2.05) is 6.92 Å². The maximum atomic E-state index is 11.1. The molecule has 0 saturated heterocycles. The zero-order valence-corrected chi connectivity index (χ0v) is 15.7. The number of aromatic nitrogens is 2. The summed E-state index contributed by atoms with van der Waals surface area (Å²) in [5.74, 6) is 1.09. The summed E-state index contributed by atoms with van der Waals surface area (Å²) in [5.41, 5.74) is 4.91. The summed E-state index contributed by atoms with van der Waals surface area (Å²) in [6.07, 6.45) is 3.16. The van der Waals surface area contributed by atoms with Crippen molar-refractivity contribution >= 4 is 39.6 Å². The molecule has 7 nitrogen and oxygen atoms in total. The molecule has 0 aliphatic carbocycles. The molecule has 0 saturated carbocycles. The number of hydrogen-bond acceptors (Lipinski definition) is 8. The van der Waals surface area contributed by atoms with Gasteiger partial charge in [0.05, 0.1) is 18.7 Å². The lowest BCUT2D eigenvalue weighted by molar-refractivity contribution is -0.132. The monoisotopic (exact) mass is 370 g/mol. The number of rotatable bonds is 5. The van der Waals surface area contributed by atoms with Gasteiger partial charge < -0.3 is 9.47 Å². The molecule has 0 aliphatic rings. The van der Waals surface area contributed by atoms with Crippen LogP contribution < -0.4 is 14.9 Å². The number of hydrazone groups is 1. The highest BCUT2D eigenvalue weighted by atomic mass is 32.1. The minimum Gasteiger partial charge on any atom is -0.493 e. The zero-order chi connectivity index (χ0) is 18.7. The Morgan fingerprint density at radius 2 is 2.08 bits per heavy atom. The Labute approximate surface area is 154 Å². The minimum atomic E-state index is -0.402. The number of carbonyl (C=O) groups is 1. The van der Waals surface area contributed by atoms with Crippen molar-refractivity contribution in [3.05, 3.63) is 40.5 Å². The van der Waals surface area contributed by atoms with E-state index in [0.717, 1.165) is 21.3 Å². The van der Waals surface area contributed by atoms with Crippen LogP contribution in [-0.4, -0.2) is 29.3 Å². The molecule has 0 spiro atoms. The van der Waals surface area contributed by atoms with E-state index in [-0.39, 0.29) is 0 Å². The van der Waals surface area contributed by atoms with E-state index in [0.29, 0.717) is 17.3 Å². The molecule has 26 heavy (non-hydrogen) atoms. The van der Waals surface area contributed by atoms with Gasteiger partial charge in [-0.2, -0.15) is 5.10 Å². The minimum absolute atomic E-state index is 0.368. The number of aryl methyl sites for hydroxylation is 2. The highest BCUT2D eigenvalue weighted by molar-refractivity contribution is 7.18. The maximum Gasteiger partial charge on any atom is 0.308 e. The number of fused-ring (bicyclic) bond motifs is 1. The molecule has 1 aromatic carbocycles. The average Bonchev–Trinajstić information content (AvgIpc) is 2.91. The second-order valence-electron chi connectivity index (χ2n) is 5.56. The number of ether oxygens (including phenoxy) is 2. The number of hydrogen-bond donors (Lipinski definition) is 1. The zero-order valence-electron chi connectivity index (χ0n) is 14.9. The molecule has 2 aromatic heterocycles. The Balaban J connectivity index is 1.82. The van der Waals surface area contributed by atoms with Crippen molar-refractivity contribution in [2.45, 2.75) is 20.8 Å². The van der Waals surface area contributed by atoms with Gasteiger partial charge in [-0.15, -0.1) is 11.3 Å². The van der Waals surface area contributed by atoms with Gasteiger partial charge in [0.25, 0.3) is 0 Å². The predicted molar refractivity (Wildman–Crippen MR) is 102 cm³/mol. The van der Waals surface area contributed by atoms with Crippen LogP contribution >= 0.6 is 11.3 Å². The first-order valence-electron chi connectivity index (χ1n) is 7.86. The number of nitrogens with zero attached hydrogens (tertiary/aromatic N) is 3. The fourth-order valence-corrected chi connectivity index (χ4v) is 3.44. The van der Waals surface area contributed by atoms with E-state index >= 15 is 0 Å². The number of anilines is 1. The van der Waals surface area contributed by atoms with Crippen molar-refractivity contribution in [3.8, 4) is 11.5 Å². The molecule has 134 valence electrons. The number of nitrogens with one attached hydrogen (secondary N) is 1. The van der Waals surface area contributed by atoms with Crippen molar-refractivity contribution in [2.75, 3.05) is 12.5 Å². The van der Waals surface area contributed by atoms with Gasteiger partial charge in [0.1, 0.15) is 11.2 Å². The third-order valence-electron chi connectivity index (χ3n) is 3.79. The fraction of sp³-hybridized carbons (Fsp3) is 0.222. The van der Waals surface area contributed by atoms with Crippen molar-refractivity contribution < 1.29 is 14.3 Å².